The molecule has 0 bridgehead atoms. The van der Waals surface area contributed by atoms with Gasteiger partial charge in [0.05, 0.1) is 13.2 Å². The van der Waals surface area contributed by atoms with Gasteiger partial charge in [0.25, 0.3) is 0 Å². The van der Waals surface area contributed by atoms with Gasteiger partial charge in [-0.2, -0.15) is 0 Å². The minimum Gasteiger partial charge on any atom is -0.377 e. The molecule has 1 aromatic rings. The van der Waals surface area contributed by atoms with Crippen LogP contribution in [0.4, 0.5) is 0 Å². The molecule has 0 aliphatic rings. The minimum atomic E-state index is -3.48. The maximum absolute atomic E-state index is 12.2. The smallest absolute Gasteiger partial charge is 0.362 e. The predicted octanol–water partition coefficient (Wildman–Crippen LogP) is 3.28. The maximum Gasteiger partial charge on any atom is 0.362 e. The monoisotopic (exact) mass is 270 g/mol. The molecule has 1 aromatic carbocycles. The Hall–Kier alpha value is -0.930. The van der Waals surface area contributed by atoms with E-state index in [-0.39, 0.29) is 13.2 Å². The molecule has 0 saturated heterocycles. The first-order valence-corrected chi connectivity index (χ1v) is 7.53. The predicted molar refractivity (Wildman–Crippen MR) is 72.3 cm³/mol. The summed E-state index contributed by atoms with van der Waals surface area (Å²) in [5, 5.41) is 9.89. The van der Waals surface area contributed by atoms with Crippen LogP contribution in [0.1, 0.15) is 19.4 Å². The molecule has 0 heterocycles. The lowest BCUT2D eigenvalue weighted by Gasteiger charge is -2.19. The molecule has 4 nitrogen and oxygen atoms in total. The zero-order chi connectivity index (χ0) is 13.4. The van der Waals surface area contributed by atoms with Crippen LogP contribution in [-0.4, -0.2) is 24.2 Å². The Bertz CT molecular complexity index is 406. The van der Waals surface area contributed by atoms with Crippen LogP contribution in [0.3, 0.4) is 0 Å². The SMILES string of the molecule is CCOP(=O)(OCC)C(O)C=Cc1ccccc1. The number of aliphatic hydroxyl groups excluding tert-OH is 1. The topological polar surface area (TPSA) is 55.8 Å². The zero-order valence-electron chi connectivity index (χ0n) is 10.7. The van der Waals surface area contributed by atoms with Crippen molar-refractivity contribution in [1.29, 1.82) is 0 Å². The molecule has 18 heavy (non-hydrogen) atoms. The quantitative estimate of drug-likeness (QED) is 0.772. The van der Waals surface area contributed by atoms with Crippen molar-refractivity contribution in [3.63, 3.8) is 0 Å². The van der Waals surface area contributed by atoms with Gasteiger partial charge in [0.1, 0.15) is 0 Å². The number of hydrogen-bond acceptors (Lipinski definition) is 4. The second-order valence-electron chi connectivity index (χ2n) is 3.56. The van der Waals surface area contributed by atoms with E-state index in [4.69, 9.17) is 9.05 Å². The molecule has 0 amide bonds. The third-order valence-electron chi connectivity index (χ3n) is 2.20. The Morgan fingerprint density at radius 2 is 1.78 bits per heavy atom. The first kappa shape index (κ1) is 15.1. The Balaban J connectivity index is 2.76. The van der Waals surface area contributed by atoms with E-state index < -0.39 is 13.4 Å². The Morgan fingerprint density at radius 3 is 2.28 bits per heavy atom. The summed E-state index contributed by atoms with van der Waals surface area (Å²) in [5.41, 5.74) is 0.913. The van der Waals surface area contributed by atoms with Gasteiger partial charge in [-0.1, -0.05) is 36.4 Å². The van der Waals surface area contributed by atoms with Gasteiger partial charge in [-0.25, -0.2) is 0 Å². The number of aliphatic hydroxyl groups is 1. The normalized spacial score (nSPS) is 13.9. The third kappa shape index (κ3) is 4.39. The molecule has 0 radical (unpaired) electrons. The Labute approximate surface area is 108 Å². The second-order valence-corrected chi connectivity index (χ2v) is 5.68. The minimum absolute atomic E-state index is 0.230. The van der Waals surface area contributed by atoms with Crippen LogP contribution in [0.25, 0.3) is 6.08 Å². The first-order valence-electron chi connectivity index (χ1n) is 5.92. The van der Waals surface area contributed by atoms with E-state index in [1.807, 2.05) is 30.3 Å². The van der Waals surface area contributed by atoms with Crippen LogP contribution in [0.5, 0.6) is 0 Å². The van der Waals surface area contributed by atoms with E-state index in [0.29, 0.717) is 0 Å². The van der Waals surface area contributed by atoms with Gasteiger partial charge >= 0.3 is 7.60 Å². The summed E-state index contributed by atoms with van der Waals surface area (Å²) in [6.07, 6.45) is 3.12. The fourth-order valence-corrected chi connectivity index (χ4v) is 2.81. The summed E-state index contributed by atoms with van der Waals surface area (Å²) in [4.78, 5) is 0. The van der Waals surface area contributed by atoms with Crippen molar-refractivity contribution in [2.24, 2.45) is 0 Å². The summed E-state index contributed by atoms with van der Waals surface area (Å²) in [5.74, 6) is -1.25. The van der Waals surface area contributed by atoms with Crippen LogP contribution in [-0.2, 0) is 13.6 Å². The molecule has 1 unspecified atom stereocenters. The number of rotatable bonds is 7. The van der Waals surface area contributed by atoms with Crippen molar-refractivity contribution in [1.82, 2.24) is 0 Å². The first-order chi connectivity index (χ1) is 8.62. The summed E-state index contributed by atoms with van der Waals surface area (Å²) >= 11 is 0. The fraction of sp³-hybridized carbons (Fsp3) is 0.385. The average Bonchev–Trinajstić information content (AvgIpc) is 2.37. The lowest BCUT2D eigenvalue weighted by atomic mass is 10.2. The maximum atomic E-state index is 12.2. The molecular weight excluding hydrogens is 251 g/mol. The number of benzene rings is 1. The van der Waals surface area contributed by atoms with Gasteiger partial charge in [0.15, 0.2) is 5.85 Å². The highest BCUT2D eigenvalue weighted by Crippen LogP contribution is 2.52. The van der Waals surface area contributed by atoms with Crippen LogP contribution >= 0.6 is 7.60 Å². The fourth-order valence-electron chi connectivity index (χ4n) is 1.42. The Morgan fingerprint density at radius 1 is 1.22 bits per heavy atom. The van der Waals surface area contributed by atoms with Crippen molar-refractivity contribution < 1.29 is 18.7 Å². The molecule has 100 valence electrons. The molecule has 0 aliphatic carbocycles. The number of hydrogen-bond donors (Lipinski definition) is 1. The molecule has 1 N–H and O–H groups in total. The molecule has 1 rings (SSSR count). The molecule has 0 saturated carbocycles. The van der Waals surface area contributed by atoms with E-state index >= 15 is 0 Å². The van der Waals surface area contributed by atoms with Crippen LogP contribution in [0, 0.1) is 0 Å². The van der Waals surface area contributed by atoms with Gasteiger partial charge in [0, 0.05) is 0 Å². The van der Waals surface area contributed by atoms with Crippen LogP contribution < -0.4 is 0 Å². The lowest BCUT2D eigenvalue weighted by molar-refractivity contribution is 0.169. The molecule has 0 aromatic heterocycles. The lowest BCUT2D eigenvalue weighted by Crippen LogP contribution is -2.10. The summed E-state index contributed by atoms with van der Waals surface area (Å²) in [6.45, 7) is 3.87. The highest BCUT2D eigenvalue weighted by molar-refractivity contribution is 7.54. The summed E-state index contributed by atoms with van der Waals surface area (Å²) in [7, 11) is -3.48. The van der Waals surface area contributed by atoms with Crippen molar-refractivity contribution in [3.05, 3.63) is 42.0 Å². The van der Waals surface area contributed by atoms with E-state index in [0.717, 1.165) is 5.56 Å². The average molecular weight is 270 g/mol. The van der Waals surface area contributed by atoms with Gasteiger partial charge in [-0.05, 0) is 25.5 Å². The molecule has 0 spiro atoms. The molecule has 0 aliphatic heterocycles. The molecule has 0 fully saturated rings. The van der Waals surface area contributed by atoms with Crippen LogP contribution in [0.2, 0.25) is 0 Å². The van der Waals surface area contributed by atoms with E-state index in [9.17, 15) is 9.67 Å². The third-order valence-corrected chi connectivity index (χ3v) is 4.26. The molecule has 5 heteroatoms. The largest absolute Gasteiger partial charge is 0.377 e. The van der Waals surface area contributed by atoms with Gasteiger partial charge in [0.2, 0.25) is 0 Å². The van der Waals surface area contributed by atoms with Crippen molar-refractivity contribution in [2.45, 2.75) is 19.7 Å². The Kier molecular flexibility index (Phi) is 6.30. The van der Waals surface area contributed by atoms with E-state index in [1.165, 1.54) is 6.08 Å². The highest BCUT2D eigenvalue weighted by atomic mass is 31.2. The molecule has 1 atom stereocenters. The van der Waals surface area contributed by atoms with Gasteiger partial charge in [-0.15, -0.1) is 0 Å². The summed E-state index contributed by atoms with van der Waals surface area (Å²) in [6, 6.07) is 9.44. The van der Waals surface area contributed by atoms with Crippen molar-refractivity contribution in [3.8, 4) is 0 Å². The van der Waals surface area contributed by atoms with E-state index in [1.54, 1.807) is 19.9 Å². The van der Waals surface area contributed by atoms with E-state index in [2.05, 4.69) is 0 Å². The standard InChI is InChI=1S/C13H19O4P/c1-3-16-18(15,17-4-2)13(14)11-10-12-8-6-5-7-9-12/h5-11,13-14H,3-4H2,1-2H3. The van der Waals surface area contributed by atoms with Crippen LogP contribution in [0.15, 0.2) is 36.4 Å². The van der Waals surface area contributed by atoms with Crippen molar-refractivity contribution >= 4 is 13.7 Å². The van der Waals surface area contributed by atoms with Gasteiger partial charge < -0.3 is 14.2 Å². The second kappa shape index (κ2) is 7.49. The highest BCUT2D eigenvalue weighted by Gasteiger charge is 2.31. The molecular formula is C13H19O4P. The van der Waals surface area contributed by atoms with Gasteiger partial charge in [-0.3, -0.25) is 4.57 Å². The summed E-state index contributed by atoms with van der Waals surface area (Å²) < 4.78 is 22.3. The zero-order valence-corrected chi connectivity index (χ0v) is 11.5. The van der Waals surface area contributed by atoms with Crippen molar-refractivity contribution in [2.75, 3.05) is 13.2 Å².